The van der Waals surface area contributed by atoms with Gasteiger partial charge in [-0.3, -0.25) is 9.59 Å². The highest BCUT2D eigenvalue weighted by Crippen LogP contribution is 2.31. The average Bonchev–Trinajstić information content (AvgIpc) is 3.52. The number of fused-ring (bicyclic) bond motifs is 1. The molecule has 0 saturated carbocycles. The number of benzene rings is 4. The zero-order chi connectivity index (χ0) is 35.4. The molecule has 50 heavy (non-hydrogen) atoms. The fourth-order valence-corrected chi connectivity index (χ4v) is 6.70. The van der Waals surface area contributed by atoms with Gasteiger partial charge in [0.1, 0.15) is 12.4 Å². The Labute approximate surface area is 288 Å². The van der Waals surface area contributed by atoms with E-state index in [0.717, 1.165) is 46.9 Å². The number of hydrogen-bond donors (Lipinski definition) is 0. The van der Waals surface area contributed by atoms with Crippen molar-refractivity contribution in [2.45, 2.75) is 43.5 Å². The average molecular weight is 703 g/mol. The van der Waals surface area contributed by atoms with Gasteiger partial charge in [-0.25, -0.2) is 13.8 Å². The van der Waals surface area contributed by atoms with Crippen molar-refractivity contribution in [1.29, 1.82) is 0 Å². The lowest BCUT2D eigenvalue weighted by atomic mass is 10.0. The van der Waals surface area contributed by atoms with E-state index in [2.05, 4.69) is 4.98 Å². The minimum absolute atomic E-state index is 0.0322. The van der Waals surface area contributed by atoms with Gasteiger partial charge in [0.25, 0.3) is 0 Å². The lowest BCUT2D eigenvalue weighted by molar-refractivity contribution is -0.137. The number of aryl methyl sites for hydroxylation is 1. The topological polar surface area (TPSA) is 60.1 Å². The maximum atomic E-state index is 14.5. The summed E-state index contributed by atoms with van der Waals surface area (Å²) < 4.78 is 71.2. The molecule has 6 rings (SSSR count). The molecular weight excluding hydrogens is 672 g/mol. The summed E-state index contributed by atoms with van der Waals surface area (Å²) in [6.45, 7) is 2.75. The molecule has 0 bridgehead atoms. The zero-order valence-electron chi connectivity index (χ0n) is 26.8. The van der Waals surface area contributed by atoms with Gasteiger partial charge < -0.3 is 14.0 Å². The first-order chi connectivity index (χ1) is 24.0. The quantitative estimate of drug-likeness (QED) is 0.100. The van der Waals surface area contributed by atoms with Crippen molar-refractivity contribution < 1.29 is 26.7 Å². The molecule has 6 aromatic rings. The smallest absolute Gasteiger partial charge is 0.335 e. The van der Waals surface area contributed by atoms with E-state index in [0.29, 0.717) is 34.6 Å². The number of hydrogen-bond acceptors (Lipinski definition) is 4. The van der Waals surface area contributed by atoms with E-state index in [9.17, 15) is 31.5 Å². The van der Waals surface area contributed by atoms with Gasteiger partial charge >= 0.3 is 6.18 Å². The van der Waals surface area contributed by atoms with Crippen molar-refractivity contribution >= 4 is 28.6 Å². The van der Waals surface area contributed by atoms with Crippen LogP contribution in [0, 0.1) is 18.6 Å². The molecule has 2 aromatic heterocycles. The van der Waals surface area contributed by atoms with Gasteiger partial charge in [-0.1, -0.05) is 60.7 Å². The van der Waals surface area contributed by atoms with Crippen molar-refractivity contribution in [1.82, 2.24) is 19.0 Å². The molecule has 6 nitrogen and oxygen atoms in total. The normalized spacial score (nSPS) is 11.6. The molecule has 0 saturated heterocycles. The van der Waals surface area contributed by atoms with Gasteiger partial charge in [0.05, 0.1) is 16.1 Å². The Kier molecular flexibility index (Phi) is 10.2. The Morgan fingerprint density at radius 1 is 0.900 bits per heavy atom. The third kappa shape index (κ3) is 7.81. The molecule has 2 heterocycles. The Bertz CT molecular complexity index is 2200. The van der Waals surface area contributed by atoms with E-state index in [1.54, 1.807) is 52.1 Å². The number of carbonyl (C=O) groups excluding carboxylic acids is 1. The van der Waals surface area contributed by atoms with Gasteiger partial charge in [0, 0.05) is 54.8 Å². The summed E-state index contributed by atoms with van der Waals surface area (Å²) in [5.41, 5.74) is 1.84. The van der Waals surface area contributed by atoms with Crippen molar-refractivity contribution in [2.24, 2.45) is 0 Å². The number of pyridine rings is 1. The Morgan fingerprint density at radius 2 is 1.60 bits per heavy atom. The molecule has 0 aliphatic carbocycles. The SMILES string of the molecule is Cc1nccn1CCN(Cc1ccc(-c2ccc(C(F)(F)F)cc2)cc1)C(=O)Cn1c(SCc2cccc(F)c2F)cc(=O)c2ccccc21. The fraction of sp³-hybridized carbons (Fsp3) is 0.184. The summed E-state index contributed by atoms with van der Waals surface area (Å²) >= 11 is 1.14. The molecule has 4 aromatic carbocycles. The van der Waals surface area contributed by atoms with Gasteiger partial charge in [-0.2, -0.15) is 13.2 Å². The van der Waals surface area contributed by atoms with Crippen LogP contribution in [0.3, 0.4) is 0 Å². The lowest BCUT2D eigenvalue weighted by Gasteiger charge is -2.25. The summed E-state index contributed by atoms with van der Waals surface area (Å²) in [5, 5.41) is 0.845. The van der Waals surface area contributed by atoms with Gasteiger partial charge in [-0.05, 0) is 53.9 Å². The summed E-state index contributed by atoms with van der Waals surface area (Å²) in [6, 6.07) is 24.5. The van der Waals surface area contributed by atoms with E-state index in [1.807, 2.05) is 29.8 Å². The monoisotopic (exact) mass is 702 g/mol. The lowest BCUT2D eigenvalue weighted by Crippen LogP contribution is -2.36. The molecule has 0 spiro atoms. The number of para-hydroxylation sites is 1. The molecule has 1 amide bonds. The Morgan fingerprint density at radius 3 is 2.28 bits per heavy atom. The standard InChI is InChI=1S/C38H31F5N4O2S/c1-25-44-17-18-45(25)19-20-46(22-26-9-11-27(12-10-26)28-13-15-30(16-14-28)38(41,42)43)35(49)23-47-33-8-3-2-6-31(33)34(48)21-36(47)50-24-29-5-4-7-32(39)37(29)40/h2-18,21H,19-20,22-24H2,1H3. The second kappa shape index (κ2) is 14.7. The van der Waals surface area contributed by atoms with Crippen LogP contribution >= 0.6 is 11.8 Å². The maximum absolute atomic E-state index is 14.5. The van der Waals surface area contributed by atoms with E-state index in [4.69, 9.17) is 0 Å². The number of alkyl halides is 3. The number of rotatable bonds is 11. The first-order valence-corrected chi connectivity index (χ1v) is 16.7. The molecule has 0 unspecified atom stereocenters. The number of amides is 1. The van der Waals surface area contributed by atoms with Crippen molar-refractivity contribution in [3.8, 4) is 11.1 Å². The summed E-state index contributed by atoms with van der Waals surface area (Å²) in [7, 11) is 0. The molecular formula is C38H31F5N4O2S. The minimum atomic E-state index is -4.42. The number of aromatic nitrogens is 3. The second-order valence-electron chi connectivity index (χ2n) is 11.7. The number of imidazole rings is 1. The van der Waals surface area contributed by atoms with Gasteiger partial charge in [0.15, 0.2) is 17.1 Å². The van der Waals surface area contributed by atoms with Gasteiger partial charge in [-0.15, -0.1) is 11.8 Å². The molecule has 0 radical (unpaired) electrons. The van der Waals surface area contributed by atoms with E-state index < -0.39 is 23.4 Å². The number of thioether (sulfide) groups is 1. The highest BCUT2D eigenvalue weighted by atomic mass is 32.2. The fourth-order valence-electron chi connectivity index (χ4n) is 5.67. The van der Waals surface area contributed by atoms with Crippen molar-refractivity contribution in [2.75, 3.05) is 6.54 Å². The van der Waals surface area contributed by atoms with Crippen LogP contribution in [-0.4, -0.2) is 31.5 Å². The first-order valence-electron chi connectivity index (χ1n) is 15.7. The molecule has 256 valence electrons. The van der Waals surface area contributed by atoms with Crippen LogP contribution in [0.1, 0.15) is 22.5 Å². The van der Waals surface area contributed by atoms with Gasteiger partial charge in [0.2, 0.25) is 5.91 Å². The van der Waals surface area contributed by atoms with E-state index in [-0.39, 0.29) is 35.7 Å². The number of halogens is 5. The van der Waals surface area contributed by atoms with Crippen LogP contribution in [0.5, 0.6) is 0 Å². The van der Waals surface area contributed by atoms with Crippen LogP contribution in [0.15, 0.2) is 119 Å². The highest BCUT2D eigenvalue weighted by Gasteiger charge is 2.30. The molecule has 0 aliphatic heterocycles. The van der Waals surface area contributed by atoms with E-state index >= 15 is 0 Å². The van der Waals surface area contributed by atoms with Crippen molar-refractivity contribution in [3.05, 3.63) is 154 Å². The highest BCUT2D eigenvalue weighted by molar-refractivity contribution is 7.98. The predicted octanol–water partition coefficient (Wildman–Crippen LogP) is 8.49. The second-order valence-corrected chi connectivity index (χ2v) is 12.7. The zero-order valence-corrected chi connectivity index (χ0v) is 27.6. The maximum Gasteiger partial charge on any atom is 0.416 e. The minimum Gasteiger partial charge on any atom is -0.335 e. The third-order valence-corrected chi connectivity index (χ3v) is 9.53. The summed E-state index contributed by atoms with van der Waals surface area (Å²) in [4.78, 5) is 33.3. The largest absolute Gasteiger partial charge is 0.416 e. The van der Waals surface area contributed by atoms with Crippen LogP contribution in [0.2, 0.25) is 0 Å². The third-order valence-electron chi connectivity index (χ3n) is 8.44. The summed E-state index contributed by atoms with van der Waals surface area (Å²) in [6.07, 6.45) is -0.918. The van der Waals surface area contributed by atoms with E-state index in [1.165, 1.54) is 30.3 Å². The summed E-state index contributed by atoms with van der Waals surface area (Å²) in [5.74, 6) is -1.36. The first kappa shape index (κ1) is 34.6. The Balaban J connectivity index is 1.28. The molecule has 0 fully saturated rings. The number of nitrogens with zero attached hydrogens (tertiary/aromatic N) is 4. The molecule has 12 heteroatoms. The Hall–Kier alpha value is -5.23. The predicted molar refractivity (Wildman–Crippen MR) is 183 cm³/mol. The van der Waals surface area contributed by atoms with Crippen LogP contribution in [-0.2, 0) is 36.4 Å². The van der Waals surface area contributed by atoms with Crippen molar-refractivity contribution in [3.63, 3.8) is 0 Å². The molecule has 0 atom stereocenters. The van der Waals surface area contributed by atoms with Crippen LogP contribution in [0.25, 0.3) is 22.0 Å². The molecule has 0 aliphatic rings. The van der Waals surface area contributed by atoms with Crippen LogP contribution in [0.4, 0.5) is 22.0 Å². The van der Waals surface area contributed by atoms with Crippen LogP contribution < -0.4 is 5.43 Å². The number of carbonyl (C=O) groups is 1. The molecule has 0 N–H and O–H groups in total.